The van der Waals surface area contributed by atoms with Crippen LogP contribution in [0.4, 0.5) is 0 Å². The van der Waals surface area contributed by atoms with E-state index in [1.54, 1.807) is 6.92 Å². The van der Waals surface area contributed by atoms with Crippen LogP contribution in [0.1, 0.15) is 78.2 Å². The maximum Gasteiger partial charge on any atom is 0.302 e. The van der Waals surface area contributed by atoms with E-state index in [-0.39, 0.29) is 34.9 Å². The van der Waals surface area contributed by atoms with Crippen molar-refractivity contribution in [1.82, 2.24) is 0 Å². The molecule has 0 bridgehead atoms. The van der Waals surface area contributed by atoms with Crippen LogP contribution in [-0.4, -0.2) is 24.0 Å². The van der Waals surface area contributed by atoms with Crippen molar-refractivity contribution in [2.75, 3.05) is 0 Å². The Bertz CT molecular complexity index is 967. The van der Waals surface area contributed by atoms with Gasteiger partial charge in [0.25, 0.3) is 0 Å². The van der Waals surface area contributed by atoms with Gasteiger partial charge >= 0.3 is 5.97 Å². The fourth-order valence-corrected chi connectivity index (χ4v) is 8.62. The number of esters is 1. The molecule has 0 N–H and O–H groups in total. The van der Waals surface area contributed by atoms with Crippen molar-refractivity contribution in [3.05, 3.63) is 47.5 Å². The summed E-state index contributed by atoms with van der Waals surface area (Å²) in [5, 5.41) is 0. The summed E-state index contributed by atoms with van der Waals surface area (Å²) < 4.78 is 12.1. The number of ether oxygens (including phenoxy) is 2. The predicted octanol–water partition coefficient (Wildman–Crippen LogP) is 6.28. The summed E-state index contributed by atoms with van der Waals surface area (Å²) in [6.07, 6.45) is 9.80. The average Bonchev–Trinajstić information content (AvgIpc) is 3.11. The third-order valence-corrected chi connectivity index (χ3v) is 10.1. The number of benzene rings is 1. The van der Waals surface area contributed by atoms with Gasteiger partial charge in [0.2, 0.25) is 0 Å². The van der Waals surface area contributed by atoms with E-state index in [0.717, 1.165) is 38.5 Å². The van der Waals surface area contributed by atoms with E-state index in [4.69, 9.17) is 9.47 Å². The third kappa shape index (κ3) is 3.96. The summed E-state index contributed by atoms with van der Waals surface area (Å²) in [5.41, 5.74) is 2.89. The highest BCUT2D eigenvalue weighted by molar-refractivity contribution is 5.80. The quantitative estimate of drug-likeness (QED) is 0.380. The predicted molar refractivity (Wildman–Crippen MR) is 132 cm³/mol. The highest BCUT2D eigenvalue weighted by atomic mass is 16.5. The number of fused-ring (bicyclic) bond motifs is 5. The Hall–Kier alpha value is -1.94. The first-order chi connectivity index (χ1) is 16.2. The van der Waals surface area contributed by atoms with E-state index >= 15 is 0 Å². The second kappa shape index (κ2) is 8.93. The average molecular weight is 465 g/mol. The summed E-state index contributed by atoms with van der Waals surface area (Å²) in [4.78, 5) is 24.5. The maximum atomic E-state index is 13.0. The fourth-order valence-electron chi connectivity index (χ4n) is 8.62. The van der Waals surface area contributed by atoms with Gasteiger partial charge in [-0.15, -0.1) is 0 Å². The Morgan fingerprint density at radius 1 is 1.03 bits per heavy atom. The van der Waals surface area contributed by atoms with Gasteiger partial charge in [-0.1, -0.05) is 55.8 Å². The molecule has 3 saturated carbocycles. The summed E-state index contributed by atoms with van der Waals surface area (Å²) in [5.74, 6) is 1.87. The van der Waals surface area contributed by atoms with Crippen LogP contribution in [0.3, 0.4) is 0 Å². The van der Waals surface area contributed by atoms with E-state index in [9.17, 15) is 9.59 Å². The van der Waals surface area contributed by atoms with Crippen molar-refractivity contribution < 1.29 is 19.1 Å². The SMILES string of the molecule is CC(=O)O[C@@H]1CC[C@]2(C)C(=CC[C@H]3[C@H]4C[C@@H](OCc5ccccc5)[C@H](C(C)=O)[C@]4(C)CC[C@@H]32)C1. The van der Waals surface area contributed by atoms with Crippen LogP contribution in [0, 0.1) is 34.5 Å². The van der Waals surface area contributed by atoms with Gasteiger partial charge < -0.3 is 9.47 Å². The summed E-state index contributed by atoms with van der Waals surface area (Å²) in [7, 11) is 0. The van der Waals surface area contributed by atoms with Crippen LogP contribution in [0.25, 0.3) is 0 Å². The molecule has 4 heteroatoms. The zero-order valence-electron chi connectivity index (χ0n) is 21.2. The molecule has 1 aromatic rings. The molecule has 34 heavy (non-hydrogen) atoms. The van der Waals surface area contributed by atoms with E-state index in [2.05, 4.69) is 32.1 Å². The monoisotopic (exact) mass is 464 g/mol. The lowest BCUT2D eigenvalue weighted by Crippen LogP contribution is -2.51. The summed E-state index contributed by atoms with van der Waals surface area (Å²) in [6.45, 7) is 8.71. The lowest BCUT2D eigenvalue weighted by molar-refractivity contribution is -0.149. The Balaban J connectivity index is 1.37. The Kier molecular flexibility index (Phi) is 6.25. The largest absolute Gasteiger partial charge is 0.462 e. The second-order valence-electron chi connectivity index (χ2n) is 11.9. The van der Waals surface area contributed by atoms with Crippen molar-refractivity contribution in [1.29, 1.82) is 0 Å². The smallest absolute Gasteiger partial charge is 0.302 e. The zero-order valence-corrected chi connectivity index (χ0v) is 21.2. The van der Waals surface area contributed by atoms with Crippen LogP contribution in [0.5, 0.6) is 0 Å². The van der Waals surface area contributed by atoms with Gasteiger partial charge in [0.1, 0.15) is 11.9 Å². The van der Waals surface area contributed by atoms with Crippen molar-refractivity contribution in [3.8, 4) is 0 Å². The number of rotatable bonds is 5. The van der Waals surface area contributed by atoms with Crippen LogP contribution in [0.2, 0.25) is 0 Å². The molecule has 4 aliphatic carbocycles. The number of Topliss-reactive ketones (excluding diaryl/α,β-unsaturated/α-hetero) is 1. The Morgan fingerprint density at radius 3 is 2.50 bits per heavy atom. The van der Waals surface area contributed by atoms with Crippen LogP contribution in [0.15, 0.2) is 42.0 Å². The van der Waals surface area contributed by atoms with Gasteiger partial charge in [-0.3, -0.25) is 9.59 Å². The first kappa shape index (κ1) is 23.8. The molecule has 0 aromatic heterocycles. The van der Waals surface area contributed by atoms with Gasteiger partial charge in [0.15, 0.2) is 0 Å². The van der Waals surface area contributed by atoms with E-state index in [1.165, 1.54) is 24.5 Å². The van der Waals surface area contributed by atoms with E-state index < -0.39 is 0 Å². The maximum absolute atomic E-state index is 13.0. The molecule has 4 aliphatic rings. The Morgan fingerprint density at radius 2 is 1.79 bits per heavy atom. The van der Waals surface area contributed by atoms with E-state index in [0.29, 0.717) is 30.1 Å². The van der Waals surface area contributed by atoms with Crippen molar-refractivity contribution >= 4 is 11.8 Å². The van der Waals surface area contributed by atoms with Crippen molar-refractivity contribution in [2.45, 2.75) is 91.5 Å². The number of carbonyl (C=O) groups excluding carboxylic acids is 2. The number of hydrogen-bond donors (Lipinski definition) is 0. The van der Waals surface area contributed by atoms with Crippen molar-refractivity contribution in [3.63, 3.8) is 0 Å². The molecule has 4 nitrogen and oxygen atoms in total. The third-order valence-electron chi connectivity index (χ3n) is 10.1. The van der Waals surface area contributed by atoms with Gasteiger partial charge in [0, 0.05) is 19.3 Å². The first-order valence-corrected chi connectivity index (χ1v) is 13.2. The molecule has 1 aromatic carbocycles. The van der Waals surface area contributed by atoms with Crippen LogP contribution in [-0.2, 0) is 25.7 Å². The minimum Gasteiger partial charge on any atom is -0.462 e. The molecule has 0 amide bonds. The molecule has 0 saturated heterocycles. The molecular formula is C30H40O4. The highest BCUT2D eigenvalue weighted by Crippen LogP contribution is 2.66. The normalized spacial score (nSPS) is 41.0. The van der Waals surface area contributed by atoms with Gasteiger partial charge in [0.05, 0.1) is 12.7 Å². The van der Waals surface area contributed by atoms with Gasteiger partial charge in [-0.2, -0.15) is 0 Å². The molecule has 0 heterocycles. The lowest BCUT2D eigenvalue weighted by atomic mass is 9.47. The first-order valence-electron chi connectivity index (χ1n) is 13.2. The standard InChI is InChI=1S/C30H40O4/c1-19(31)28-27(33-18-21-8-6-5-7-9-21)17-26-24-11-10-22-16-23(34-20(2)32)12-14-29(22,3)25(24)13-15-30(26,28)4/h5-10,23-28H,11-18H2,1-4H3/t23-,24-,25+,26-,27-,28+,29-,30-/m1/s1. The van der Waals surface area contributed by atoms with Gasteiger partial charge in [-0.05, 0) is 79.6 Å². The van der Waals surface area contributed by atoms with Gasteiger partial charge in [-0.25, -0.2) is 0 Å². The summed E-state index contributed by atoms with van der Waals surface area (Å²) >= 11 is 0. The zero-order chi connectivity index (χ0) is 24.1. The highest BCUT2D eigenvalue weighted by Gasteiger charge is 2.62. The minimum absolute atomic E-state index is 0.00402. The van der Waals surface area contributed by atoms with Crippen LogP contribution < -0.4 is 0 Å². The molecule has 8 atom stereocenters. The van der Waals surface area contributed by atoms with Crippen LogP contribution >= 0.6 is 0 Å². The number of ketones is 1. The van der Waals surface area contributed by atoms with E-state index in [1.807, 2.05) is 18.2 Å². The number of carbonyl (C=O) groups is 2. The van der Waals surface area contributed by atoms with Crippen molar-refractivity contribution in [2.24, 2.45) is 34.5 Å². The fraction of sp³-hybridized carbons (Fsp3) is 0.667. The molecule has 0 unspecified atom stereocenters. The molecule has 5 rings (SSSR count). The lowest BCUT2D eigenvalue weighted by Gasteiger charge is -2.57. The Labute approximate surface area is 204 Å². The molecule has 3 fully saturated rings. The minimum atomic E-state index is -0.168. The molecule has 184 valence electrons. The molecule has 0 aliphatic heterocycles. The topological polar surface area (TPSA) is 52.6 Å². The molecule has 0 spiro atoms. The second-order valence-corrected chi connectivity index (χ2v) is 11.9. The summed E-state index contributed by atoms with van der Waals surface area (Å²) in [6, 6.07) is 10.3. The molecule has 0 radical (unpaired) electrons. The molecular weight excluding hydrogens is 424 g/mol. The number of hydrogen-bond acceptors (Lipinski definition) is 4. The number of allylic oxidation sites excluding steroid dienone is 1.